The smallest absolute Gasteiger partial charge is 0.201 e. The summed E-state index contributed by atoms with van der Waals surface area (Å²) in [6.07, 6.45) is 4.16. The second kappa shape index (κ2) is 5.81. The molecule has 0 atom stereocenters. The summed E-state index contributed by atoms with van der Waals surface area (Å²) in [5.41, 5.74) is 9.49. The predicted molar refractivity (Wildman–Crippen MR) is 107 cm³/mol. The van der Waals surface area contributed by atoms with Crippen LogP contribution in [-0.4, -0.2) is 0 Å². The highest BCUT2D eigenvalue weighted by atomic mass is 14.9. The van der Waals surface area contributed by atoms with Gasteiger partial charge in [-0.1, -0.05) is 48.5 Å². The molecular formula is C25H22N+. The molecule has 0 N–H and O–H groups in total. The second-order valence-electron chi connectivity index (χ2n) is 7.52. The van der Waals surface area contributed by atoms with Gasteiger partial charge >= 0.3 is 0 Å². The van der Waals surface area contributed by atoms with Gasteiger partial charge in [0.15, 0.2) is 6.20 Å². The third-order valence-corrected chi connectivity index (χ3v) is 5.57. The van der Waals surface area contributed by atoms with Crippen LogP contribution in [0.3, 0.4) is 0 Å². The molecule has 1 aromatic heterocycles. The van der Waals surface area contributed by atoms with E-state index in [0.717, 1.165) is 12.8 Å². The highest BCUT2D eigenvalue weighted by molar-refractivity contribution is 5.97. The molecule has 1 nitrogen and oxygen atoms in total. The molecule has 4 aromatic rings. The minimum Gasteiger partial charge on any atom is -0.201 e. The Hall–Kier alpha value is -2.93. The molecule has 0 amide bonds. The fourth-order valence-electron chi connectivity index (χ4n) is 4.22. The van der Waals surface area contributed by atoms with E-state index in [1.54, 1.807) is 0 Å². The molecule has 0 aliphatic heterocycles. The molecule has 1 heterocycles. The van der Waals surface area contributed by atoms with Gasteiger partial charge < -0.3 is 0 Å². The van der Waals surface area contributed by atoms with Crippen molar-refractivity contribution in [1.29, 1.82) is 0 Å². The lowest BCUT2D eigenvalue weighted by Crippen LogP contribution is -2.31. The molecule has 0 spiro atoms. The number of hydrogen-bond donors (Lipinski definition) is 0. The molecule has 0 saturated carbocycles. The summed E-state index contributed by atoms with van der Waals surface area (Å²) in [6, 6.07) is 25.1. The van der Waals surface area contributed by atoms with Crippen LogP contribution in [0.2, 0.25) is 0 Å². The van der Waals surface area contributed by atoms with Gasteiger partial charge in [0.1, 0.15) is 7.05 Å². The fourth-order valence-corrected chi connectivity index (χ4v) is 4.22. The van der Waals surface area contributed by atoms with Crippen LogP contribution in [-0.2, 0) is 19.9 Å². The zero-order valence-corrected chi connectivity index (χ0v) is 15.3. The number of benzene rings is 3. The minimum atomic E-state index is 0.977. The highest BCUT2D eigenvalue weighted by Crippen LogP contribution is 2.32. The molecule has 0 saturated heterocycles. The molecule has 1 aliphatic carbocycles. The van der Waals surface area contributed by atoms with Crippen LogP contribution >= 0.6 is 0 Å². The molecule has 0 fully saturated rings. The molecule has 5 rings (SSSR count). The number of pyridine rings is 1. The number of rotatable bonds is 0. The number of aromatic nitrogens is 1. The summed E-state index contributed by atoms with van der Waals surface area (Å²) in [6.45, 7) is 2.22. The summed E-state index contributed by atoms with van der Waals surface area (Å²) < 4.78 is 2.25. The van der Waals surface area contributed by atoms with Crippen LogP contribution in [0.15, 0.2) is 72.9 Å². The molecular weight excluding hydrogens is 314 g/mol. The second-order valence-corrected chi connectivity index (χ2v) is 7.52. The van der Waals surface area contributed by atoms with E-state index in [4.69, 9.17) is 0 Å². The maximum absolute atomic E-state index is 2.39. The molecule has 0 radical (unpaired) electrons. The van der Waals surface area contributed by atoms with Crippen molar-refractivity contribution >= 4 is 10.8 Å². The van der Waals surface area contributed by atoms with E-state index < -0.39 is 0 Å². The summed E-state index contributed by atoms with van der Waals surface area (Å²) >= 11 is 0. The van der Waals surface area contributed by atoms with Gasteiger partial charge in [0.25, 0.3) is 0 Å². The van der Waals surface area contributed by atoms with Gasteiger partial charge in [-0.25, -0.2) is 4.57 Å². The van der Waals surface area contributed by atoms with E-state index in [-0.39, 0.29) is 0 Å². The average Bonchev–Trinajstić information content (AvgIpc) is 2.63. The third kappa shape index (κ3) is 2.52. The van der Waals surface area contributed by atoms with Crippen LogP contribution in [0.5, 0.6) is 0 Å². The first-order valence-corrected chi connectivity index (χ1v) is 9.26. The van der Waals surface area contributed by atoms with Crippen molar-refractivity contribution in [2.75, 3.05) is 0 Å². The molecule has 0 unspecified atom stereocenters. The van der Waals surface area contributed by atoms with Gasteiger partial charge in [0, 0.05) is 12.1 Å². The van der Waals surface area contributed by atoms with Crippen molar-refractivity contribution in [3.8, 4) is 11.3 Å². The number of fused-ring (bicyclic) bond motifs is 6. The Morgan fingerprint density at radius 2 is 1.42 bits per heavy atom. The van der Waals surface area contributed by atoms with Gasteiger partial charge in [-0.2, -0.15) is 0 Å². The lowest BCUT2D eigenvalue weighted by atomic mass is 9.91. The average molecular weight is 336 g/mol. The van der Waals surface area contributed by atoms with Crippen LogP contribution in [0.25, 0.3) is 22.0 Å². The minimum absolute atomic E-state index is 0.977. The molecule has 126 valence electrons. The summed E-state index contributed by atoms with van der Waals surface area (Å²) in [5.74, 6) is 0. The summed E-state index contributed by atoms with van der Waals surface area (Å²) in [4.78, 5) is 0. The van der Waals surface area contributed by atoms with E-state index in [1.165, 1.54) is 49.8 Å². The normalized spacial score (nSPS) is 12.7. The van der Waals surface area contributed by atoms with Crippen molar-refractivity contribution in [3.63, 3.8) is 0 Å². The van der Waals surface area contributed by atoms with E-state index in [0.29, 0.717) is 0 Å². The Balaban J connectivity index is 1.90. The van der Waals surface area contributed by atoms with E-state index in [9.17, 15) is 0 Å². The standard InChI is InChI=1S/C25H22N/c1-17-6-8-22-9-7-20-13-18-4-3-5-19(12-18)14-21-10-11-26(2)24(16-21)25(17)23(22)15-20/h3-12,15-16H,13-14H2,1-2H3/q+1. The molecule has 26 heavy (non-hydrogen) atoms. The first-order chi connectivity index (χ1) is 12.7. The summed E-state index contributed by atoms with van der Waals surface area (Å²) in [7, 11) is 2.15. The van der Waals surface area contributed by atoms with Crippen molar-refractivity contribution in [2.24, 2.45) is 7.05 Å². The first kappa shape index (κ1) is 15.3. The zero-order chi connectivity index (χ0) is 17.7. The molecule has 3 aromatic carbocycles. The Morgan fingerprint density at radius 3 is 2.23 bits per heavy atom. The lowest BCUT2D eigenvalue weighted by molar-refractivity contribution is -0.660. The summed E-state index contributed by atoms with van der Waals surface area (Å²) in [5, 5.41) is 2.66. The van der Waals surface area contributed by atoms with E-state index in [1.807, 2.05) is 0 Å². The number of nitrogens with zero attached hydrogens (tertiary/aromatic N) is 1. The van der Waals surface area contributed by atoms with Crippen LogP contribution < -0.4 is 4.57 Å². The predicted octanol–water partition coefficient (Wildman–Crippen LogP) is 5.13. The van der Waals surface area contributed by atoms with E-state index >= 15 is 0 Å². The van der Waals surface area contributed by atoms with Gasteiger partial charge in [0.2, 0.25) is 5.69 Å². The van der Waals surface area contributed by atoms with Crippen LogP contribution in [0.4, 0.5) is 0 Å². The Labute approximate surface area is 154 Å². The maximum Gasteiger partial charge on any atom is 0.213 e. The first-order valence-electron chi connectivity index (χ1n) is 9.26. The van der Waals surface area contributed by atoms with Crippen molar-refractivity contribution < 1.29 is 4.57 Å². The fraction of sp³-hybridized carbons (Fsp3) is 0.160. The Kier molecular flexibility index (Phi) is 3.43. The molecule has 1 aliphatic rings. The molecule has 1 heteroatoms. The van der Waals surface area contributed by atoms with Crippen molar-refractivity contribution in [1.82, 2.24) is 0 Å². The lowest BCUT2D eigenvalue weighted by Gasteiger charge is -2.14. The third-order valence-electron chi connectivity index (χ3n) is 5.57. The van der Waals surface area contributed by atoms with E-state index in [2.05, 4.69) is 91.5 Å². The maximum atomic E-state index is 2.39. The van der Waals surface area contributed by atoms with Crippen molar-refractivity contribution in [2.45, 2.75) is 19.8 Å². The quantitative estimate of drug-likeness (QED) is 0.345. The zero-order valence-electron chi connectivity index (χ0n) is 15.3. The number of aryl methyl sites for hydroxylation is 2. The van der Waals surface area contributed by atoms with Crippen LogP contribution in [0.1, 0.15) is 27.8 Å². The number of hydrogen-bond acceptors (Lipinski definition) is 0. The topological polar surface area (TPSA) is 3.88 Å². The van der Waals surface area contributed by atoms with Crippen molar-refractivity contribution in [3.05, 3.63) is 101 Å². The van der Waals surface area contributed by atoms with Gasteiger partial charge in [-0.15, -0.1) is 0 Å². The van der Waals surface area contributed by atoms with Crippen LogP contribution in [0, 0.1) is 6.92 Å². The molecule has 6 bridgehead atoms. The highest BCUT2D eigenvalue weighted by Gasteiger charge is 2.18. The largest absolute Gasteiger partial charge is 0.213 e. The van der Waals surface area contributed by atoms with Gasteiger partial charge in [-0.05, 0) is 64.4 Å². The van der Waals surface area contributed by atoms with Gasteiger partial charge in [0.05, 0.1) is 5.56 Å². The van der Waals surface area contributed by atoms with Gasteiger partial charge in [-0.3, -0.25) is 0 Å². The SMILES string of the molecule is Cc1ccc2ccc3cc2c1-c1cc(cc[n+]1C)Cc1cccc(c1)C3. The Bertz CT molecular complexity index is 1150. The Morgan fingerprint density at radius 1 is 0.731 bits per heavy atom. The monoisotopic (exact) mass is 336 g/mol.